The van der Waals surface area contributed by atoms with Gasteiger partial charge >= 0.3 is 22.3 Å². The molecule has 5 unspecified atom stereocenters. The van der Waals surface area contributed by atoms with Crippen LogP contribution in [0.3, 0.4) is 0 Å². The van der Waals surface area contributed by atoms with Crippen LogP contribution in [0.25, 0.3) is 23.1 Å². The number of hydrogen-bond acceptors (Lipinski definition) is 16. The highest BCUT2D eigenvalue weighted by atomic mass is 32.3. The van der Waals surface area contributed by atoms with E-state index in [2.05, 4.69) is 4.18 Å². The fourth-order valence-electron chi connectivity index (χ4n) is 5.04. The van der Waals surface area contributed by atoms with Gasteiger partial charge in [-0.05, 0) is 54.5 Å². The van der Waals surface area contributed by atoms with Crippen LogP contribution in [0.5, 0.6) is 28.7 Å². The highest BCUT2D eigenvalue weighted by Crippen LogP contribution is 2.44. The second-order valence-electron chi connectivity index (χ2n) is 11.1. The highest BCUT2D eigenvalue weighted by molar-refractivity contribution is 7.81. The van der Waals surface area contributed by atoms with E-state index in [1.807, 2.05) is 0 Å². The number of aliphatic hydroxyl groups is 2. The predicted octanol–water partition coefficient (Wildman–Crippen LogP) is 2.11. The van der Waals surface area contributed by atoms with Crippen LogP contribution in [0.2, 0.25) is 0 Å². The van der Waals surface area contributed by atoms with Crippen molar-refractivity contribution in [1.82, 2.24) is 0 Å². The number of aromatic hydroxyl groups is 3. The number of fused-ring (bicyclic) bond motifs is 1. The SMILES string of the molecule is Cc1cc(=O)c2c(O)c(OS(=O)(=O)O)c(OC3OC(CO)C(OC(=O)/C=C/c4ccc(O)cc4)C(OC(=O)/C=C/c4ccc(O)cc4)C3O)cc2o1. The van der Waals surface area contributed by atoms with Crippen molar-refractivity contribution < 1.29 is 75.6 Å². The molecule has 17 nitrogen and oxygen atoms in total. The number of carbonyl (C=O) groups is 2. The Kier molecular flexibility index (Phi) is 11.2. The van der Waals surface area contributed by atoms with E-state index in [1.54, 1.807) is 0 Å². The number of phenols is 3. The van der Waals surface area contributed by atoms with E-state index in [4.69, 9.17) is 23.4 Å². The van der Waals surface area contributed by atoms with Crippen molar-refractivity contribution in [2.45, 2.75) is 37.6 Å². The van der Waals surface area contributed by atoms with Crippen LogP contribution in [0, 0.1) is 6.92 Å². The Balaban J connectivity index is 1.49. The Morgan fingerprint density at radius 2 is 1.40 bits per heavy atom. The summed E-state index contributed by atoms with van der Waals surface area (Å²) in [6, 6.07) is 13.3. The van der Waals surface area contributed by atoms with Gasteiger partial charge in [0.2, 0.25) is 12.0 Å². The minimum absolute atomic E-state index is 0.0185. The van der Waals surface area contributed by atoms with Gasteiger partial charge in [0.1, 0.15) is 34.3 Å². The molecule has 5 atom stereocenters. The fourth-order valence-corrected chi connectivity index (χ4v) is 5.41. The van der Waals surface area contributed by atoms with Gasteiger partial charge in [-0.15, -0.1) is 0 Å². The fraction of sp³-hybridized carbons (Fsp3) is 0.206. The van der Waals surface area contributed by atoms with E-state index in [1.165, 1.54) is 67.6 Å². The number of aliphatic hydroxyl groups excluding tert-OH is 2. The number of rotatable bonds is 11. The van der Waals surface area contributed by atoms with Gasteiger partial charge in [0, 0.05) is 24.3 Å². The topological polar surface area (TPSA) is 266 Å². The number of ether oxygens (including phenoxy) is 4. The Morgan fingerprint density at radius 3 is 1.92 bits per heavy atom. The number of esters is 2. The molecule has 1 fully saturated rings. The molecule has 1 saturated heterocycles. The van der Waals surface area contributed by atoms with Gasteiger partial charge in [0.15, 0.2) is 35.2 Å². The van der Waals surface area contributed by atoms with Gasteiger partial charge in [-0.2, -0.15) is 8.42 Å². The Morgan fingerprint density at radius 1 is 0.865 bits per heavy atom. The molecular weight excluding hydrogens is 712 g/mol. The summed E-state index contributed by atoms with van der Waals surface area (Å²) in [4.78, 5) is 38.5. The summed E-state index contributed by atoms with van der Waals surface area (Å²) in [6.45, 7) is 0.465. The van der Waals surface area contributed by atoms with Crippen LogP contribution < -0.4 is 14.3 Å². The lowest BCUT2D eigenvalue weighted by molar-refractivity contribution is -0.283. The van der Waals surface area contributed by atoms with Crippen LogP contribution >= 0.6 is 0 Å². The highest BCUT2D eigenvalue weighted by Gasteiger charge is 2.51. The summed E-state index contributed by atoms with van der Waals surface area (Å²) in [5.41, 5.74) is -0.229. The molecule has 274 valence electrons. The van der Waals surface area contributed by atoms with Crippen molar-refractivity contribution in [1.29, 1.82) is 0 Å². The van der Waals surface area contributed by atoms with E-state index >= 15 is 0 Å². The van der Waals surface area contributed by atoms with Crippen LogP contribution in [0.1, 0.15) is 16.9 Å². The molecule has 0 radical (unpaired) electrons. The van der Waals surface area contributed by atoms with Gasteiger partial charge in [-0.25, -0.2) is 9.59 Å². The Hall–Kier alpha value is -5.92. The maximum atomic E-state index is 13.0. The molecule has 1 aliphatic rings. The summed E-state index contributed by atoms with van der Waals surface area (Å²) in [5, 5.41) is 51.0. The standard InChI is InChI=1S/C34H30O17S/c1-17-14-22(38)28-23(46-17)15-24(31(29(28)41)51-52(43,44)45)47-34-30(42)33(50-27(40)13-7-19-4-10-21(37)11-5-19)32(25(16-35)48-34)49-26(39)12-6-18-2-8-20(36)9-3-18/h2-15,25,30,32-37,41-42H,16H2,1H3,(H,43,44,45)/b12-6+,13-7+. The number of benzene rings is 3. The molecule has 1 aliphatic heterocycles. The number of phenolic OH excluding ortho intramolecular Hbond substituents is 3. The number of aryl methyl sites for hydroxylation is 1. The minimum atomic E-state index is -5.37. The van der Waals surface area contributed by atoms with E-state index in [0.29, 0.717) is 11.1 Å². The molecule has 0 aliphatic carbocycles. The van der Waals surface area contributed by atoms with Crippen molar-refractivity contribution >= 4 is 45.5 Å². The predicted molar refractivity (Wildman–Crippen MR) is 177 cm³/mol. The van der Waals surface area contributed by atoms with E-state index in [9.17, 15) is 52.9 Å². The van der Waals surface area contributed by atoms with Crippen LogP contribution in [-0.4, -0.2) is 87.8 Å². The smallest absolute Gasteiger partial charge is 0.446 e. The average Bonchev–Trinajstić information content (AvgIpc) is 3.07. The summed E-state index contributed by atoms with van der Waals surface area (Å²) in [6.07, 6.45) is -4.73. The largest absolute Gasteiger partial charge is 0.508 e. The zero-order chi connectivity index (χ0) is 37.7. The van der Waals surface area contributed by atoms with Gasteiger partial charge < -0.3 is 53.1 Å². The van der Waals surface area contributed by atoms with Crippen molar-refractivity contribution in [3.63, 3.8) is 0 Å². The first-order valence-corrected chi connectivity index (χ1v) is 16.4. The third kappa shape index (κ3) is 9.05. The molecule has 0 bridgehead atoms. The van der Waals surface area contributed by atoms with Crippen LogP contribution in [-0.2, 0) is 34.2 Å². The first-order chi connectivity index (χ1) is 24.6. The first-order valence-electron chi connectivity index (χ1n) is 15.1. The molecule has 6 N–H and O–H groups in total. The maximum absolute atomic E-state index is 13.0. The van der Waals surface area contributed by atoms with Crippen molar-refractivity contribution in [2.75, 3.05) is 6.61 Å². The lowest BCUT2D eigenvalue weighted by atomic mass is 9.98. The van der Waals surface area contributed by atoms with E-state index < -0.39 is 87.7 Å². The third-order valence-electron chi connectivity index (χ3n) is 7.38. The molecule has 0 spiro atoms. The normalized spacial score (nSPS) is 20.6. The molecule has 52 heavy (non-hydrogen) atoms. The van der Waals surface area contributed by atoms with Crippen molar-refractivity contribution in [3.05, 3.63) is 99.9 Å². The molecule has 0 amide bonds. The van der Waals surface area contributed by atoms with Crippen LogP contribution in [0.15, 0.2) is 82.0 Å². The molecule has 4 aromatic rings. The van der Waals surface area contributed by atoms with Crippen LogP contribution in [0.4, 0.5) is 0 Å². The van der Waals surface area contributed by atoms with Crippen molar-refractivity contribution in [3.8, 4) is 28.7 Å². The minimum Gasteiger partial charge on any atom is -0.508 e. The second-order valence-corrected chi connectivity index (χ2v) is 12.2. The summed E-state index contributed by atoms with van der Waals surface area (Å²) in [5.74, 6) is -5.16. The average molecular weight is 743 g/mol. The zero-order valence-corrected chi connectivity index (χ0v) is 27.6. The number of hydrogen-bond donors (Lipinski definition) is 6. The Bertz CT molecular complexity index is 2170. The lowest BCUT2D eigenvalue weighted by Gasteiger charge is -2.42. The van der Waals surface area contributed by atoms with E-state index in [0.717, 1.165) is 24.3 Å². The van der Waals surface area contributed by atoms with Gasteiger partial charge in [0.25, 0.3) is 0 Å². The summed E-state index contributed by atoms with van der Waals surface area (Å²) in [7, 11) is -5.37. The van der Waals surface area contributed by atoms with Crippen molar-refractivity contribution in [2.24, 2.45) is 0 Å². The molecule has 5 rings (SSSR count). The molecule has 1 aromatic heterocycles. The zero-order valence-electron chi connectivity index (χ0n) is 26.8. The summed E-state index contributed by atoms with van der Waals surface area (Å²) >= 11 is 0. The first kappa shape index (κ1) is 37.3. The Labute approximate surface area is 293 Å². The van der Waals surface area contributed by atoms with Gasteiger partial charge in [-0.1, -0.05) is 24.3 Å². The monoisotopic (exact) mass is 742 g/mol. The van der Waals surface area contributed by atoms with Gasteiger partial charge in [-0.3, -0.25) is 9.35 Å². The third-order valence-corrected chi connectivity index (χ3v) is 7.75. The van der Waals surface area contributed by atoms with E-state index in [-0.39, 0.29) is 22.8 Å². The quantitative estimate of drug-likeness (QED) is 0.0730. The number of carbonyl (C=O) groups excluding carboxylic acids is 2. The molecule has 3 aromatic carbocycles. The molecule has 2 heterocycles. The summed E-state index contributed by atoms with van der Waals surface area (Å²) < 4.78 is 65.0. The molecule has 0 saturated carbocycles. The van der Waals surface area contributed by atoms with Gasteiger partial charge in [0.05, 0.1) is 6.61 Å². The maximum Gasteiger partial charge on any atom is 0.446 e. The lowest BCUT2D eigenvalue weighted by Crippen LogP contribution is -2.62. The molecular formula is C34H30O17S. The second kappa shape index (κ2) is 15.5. The molecule has 18 heteroatoms.